The summed E-state index contributed by atoms with van der Waals surface area (Å²) < 4.78 is 11.4. The van der Waals surface area contributed by atoms with Crippen LogP contribution in [0.5, 0.6) is 11.5 Å². The third-order valence-corrected chi connectivity index (χ3v) is 5.81. The van der Waals surface area contributed by atoms with E-state index in [1.165, 1.54) is 0 Å². The fourth-order valence-corrected chi connectivity index (χ4v) is 3.92. The standard InChI is InChI=1S/C21H23IN2O4/c1-27-18-8-7-14(13-19(18)28-2)21(26)24-11-9-15(10-12-24)23-20(25)16-5-3-4-6-17(16)22/h3-8,13,15H,9-12H2,1-2H3,(H,23,25). The molecular formula is C21H23IN2O4. The van der Waals surface area contributed by atoms with E-state index in [1.807, 2.05) is 29.2 Å². The third kappa shape index (κ3) is 4.57. The Morgan fingerprint density at radius 2 is 1.71 bits per heavy atom. The number of methoxy groups -OCH3 is 2. The molecule has 1 heterocycles. The van der Waals surface area contributed by atoms with Crippen molar-refractivity contribution < 1.29 is 19.1 Å². The molecule has 1 aliphatic heterocycles. The zero-order valence-corrected chi connectivity index (χ0v) is 18.1. The van der Waals surface area contributed by atoms with Crippen molar-refractivity contribution >= 4 is 34.4 Å². The Balaban J connectivity index is 1.58. The fourth-order valence-electron chi connectivity index (χ4n) is 3.29. The van der Waals surface area contributed by atoms with E-state index in [1.54, 1.807) is 32.4 Å². The lowest BCUT2D eigenvalue weighted by Gasteiger charge is -2.32. The quantitative estimate of drug-likeness (QED) is 0.648. The van der Waals surface area contributed by atoms with Crippen LogP contribution in [0.4, 0.5) is 0 Å². The van der Waals surface area contributed by atoms with Crippen molar-refractivity contribution in [2.24, 2.45) is 0 Å². The molecule has 0 atom stereocenters. The van der Waals surface area contributed by atoms with Crippen molar-refractivity contribution in [2.45, 2.75) is 18.9 Å². The number of hydrogen-bond donors (Lipinski definition) is 1. The molecular weight excluding hydrogens is 471 g/mol. The van der Waals surface area contributed by atoms with Crippen molar-refractivity contribution in [3.63, 3.8) is 0 Å². The molecule has 0 saturated carbocycles. The number of piperidine rings is 1. The minimum Gasteiger partial charge on any atom is -0.493 e. The van der Waals surface area contributed by atoms with Gasteiger partial charge in [0.15, 0.2) is 11.5 Å². The van der Waals surface area contributed by atoms with E-state index in [-0.39, 0.29) is 17.9 Å². The third-order valence-electron chi connectivity index (χ3n) is 4.87. The first-order valence-corrected chi connectivity index (χ1v) is 10.2. The lowest BCUT2D eigenvalue weighted by molar-refractivity contribution is 0.0697. The molecule has 0 unspecified atom stereocenters. The van der Waals surface area contributed by atoms with Crippen LogP contribution in [0.2, 0.25) is 0 Å². The second-order valence-corrected chi connectivity index (χ2v) is 7.75. The number of nitrogens with one attached hydrogen (secondary N) is 1. The Kier molecular flexibility index (Phi) is 6.77. The van der Waals surface area contributed by atoms with E-state index < -0.39 is 0 Å². The highest BCUT2D eigenvalue weighted by atomic mass is 127. The molecule has 1 N–H and O–H groups in total. The van der Waals surface area contributed by atoms with Gasteiger partial charge in [-0.15, -0.1) is 0 Å². The molecule has 7 heteroatoms. The number of halogens is 1. The second kappa shape index (κ2) is 9.27. The molecule has 2 aromatic rings. The molecule has 0 radical (unpaired) electrons. The largest absolute Gasteiger partial charge is 0.493 e. The molecule has 1 fully saturated rings. The van der Waals surface area contributed by atoms with Crippen LogP contribution in [0.25, 0.3) is 0 Å². The van der Waals surface area contributed by atoms with Gasteiger partial charge in [0.1, 0.15) is 0 Å². The van der Waals surface area contributed by atoms with Gasteiger partial charge in [0.25, 0.3) is 11.8 Å². The lowest BCUT2D eigenvalue weighted by atomic mass is 10.0. The van der Waals surface area contributed by atoms with Gasteiger partial charge in [0.05, 0.1) is 19.8 Å². The smallest absolute Gasteiger partial charge is 0.253 e. The van der Waals surface area contributed by atoms with Crippen LogP contribution in [0.1, 0.15) is 33.6 Å². The molecule has 0 spiro atoms. The number of hydrogen-bond acceptors (Lipinski definition) is 4. The summed E-state index contributed by atoms with van der Waals surface area (Å²) in [5.41, 5.74) is 1.26. The summed E-state index contributed by atoms with van der Waals surface area (Å²) >= 11 is 2.17. The Hall–Kier alpha value is -2.29. The van der Waals surface area contributed by atoms with E-state index in [4.69, 9.17) is 9.47 Å². The second-order valence-electron chi connectivity index (χ2n) is 6.59. The summed E-state index contributed by atoms with van der Waals surface area (Å²) in [5.74, 6) is 1.03. The number of carbonyl (C=O) groups excluding carboxylic acids is 2. The van der Waals surface area contributed by atoms with Crippen molar-refractivity contribution in [1.82, 2.24) is 10.2 Å². The van der Waals surface area contributed by atoms with Crippen LogP contribution < -0.4 is 14.8 Å². The van der Waals surface area contributed by atoms with E-state index in [9.17, 15) is 9.59 Å². The maximum absolute atomic E-state index is 12.8. The van der Waals surface area contributed by atoms with Crippen LogP contribution in [0.15, 0.2) is 42.5 Å². The van der Waals surface area contributed by atoms with Gasteiger partial charge in [0.2, 0.25) is 0 Å². The van der Waals surface area contributed by atoms with Gasteiger partial charge >= 0.3 is 0 Å². The molecule has 148 valence electrons. The molecule has 0 bridgehead atoms. The molecule has 2 amide bonds. The van der Waals surface area contributed by atoms with Crippen LogP contribution in [0, 0.1) is 3.57 Å². The zero-order valence-electron chi connectivity index (χ0n) is 15.9. The number of carbonyl (C=O) groups is 2. The van der Waals surface area contributed by atoms with Gasteiger partial charge in [-0.3, -0.25) is 9.59 Å². The topological polar surface area (TPSA) is 67.9 Å². The van der Waals surface area contributed by atoms with Crippen LogP contribution in [0.3, 0.4) is 0 Å². The fraction of sp³-hybridized carbons (Fsp3) is 0.333. The SMILES string of the molecule is COc1ccc(C(=O)N2CCC(NC(=O)c3ccccc3I)CC2)cc1OC. The number of nitrogens with zero attached hydrogens (tertiary/aromatic N) is 1. The summed E-state index contributed by atoms with van der Waals surface area (Å²) in [7, 11) is 3.11. The Morgan fingerprint density at radius 1 is 1.04 bits per heavy atom. The Labute approximate surface area is 178 Å². The summed E-state index contributed by atoms with van der Waals surface area (Å²) in [5, 5.41) is 3.09. The molecule has 28 heavy (non-hydrogen) atoms. The molecule has 6 nitrogen and oxygen atoms in total. The van der Waals surface area contributed by atoms with Gasteiger partial charge in [0, 0.05) is 28.3 Å². The van der Waals surface area contributed by atoms with Crippen LogP contribution >= 0.6 is 22.6 Å². The number of rotatable bonds is 5. The van der Waals surface area contributed by atoms with Crippen molar-refractivity contribution in [3.8, 4) is 11.5 Å². The van der Waals surface area contributed by atoms with E-state index in [2.05, 4.69) is 27.9 Å². The van der Waals surface area contributed by atoms with Crippen molar-refractivity contribution in [1.29, 1.82) is 0 Å². The zero-order chi connectivity index (χ0) is 20.1. The highest BCUT2D eigenvalue weighted by molar-refractivity contribution is 14.1. The molecule has 0 aromatic heterocycles. The van der Waals surface area contributed by atoms with Gasteiger partial charge in [-0.2, -0.15) is 0 Å². The molecule has 1 aliphatic rings. The average Bonchev–Trinajstić information content (AvgIpc) is 2.73. The molecule has 3 rings (SSSR count). The predicted molar refractivity (Wildman–Crippen MR) is 115 cm³/mol. The maximum atomic E-state index is 12.8. The Morgan fingerprint density at radius 3 is 2.36 bits per heavy atom. The summed E-state index contributed by atoms with van der Waals surface area (Å²) in [6.45, 7) is 1.20. The number of likely N-dealkylation sites (tertiary alicyclic amines) is 1. The van der Waals surface area contributed by atoms with E-state index in [0.717, 1.165) is 16.4 Å². The first-order valence-electron chi connectivity index (χ1n) is 9.10. The highest BCUT2D eigenvalue weighted by Gasteiger charge is 2.25. The van der Waals surface area contributed by atoms with Crippen molar-refractivity contribution in [2.75, 3.05) is 27.3 Å². The van der Waals surface area contributed by atoms with Crippen LogP contribution in [-0.2, 0) is 0 Å². The minimum absolute atomic E-state index is 0.0386. The first kappa shape index (κ1) is 20.4. The predicted octanol–water partition coefficient (Wildman–Crippen LogP) is 3.34. The number of benzene rings is 2. The summed E-state index contributed by atoms with van der Waals surface area (Å²) in [6, 6.07) is 12.8. The van der Waals surface area contributed by atoms with E-state index in [0.29, 0.717) is 35.7 Å². The van der Waals surface area contributed by atoms with Crippen molar-refractivity contribution in [3.05, 3.63) is 57.2 Å². The Bertz CT molecular complexity index is 863. The van der Waals surface area contributed by atoms with Gasteiger partial charge in [-0.25, -0.2) is 0 Å². The minimum atomic E-state index is -0.0605. The number of ether oxygens (including phenoxy) is 2. The highest BCUT2D eigenvalue weighted by Crippen LogP contribution is 2.28. The first-order chi connectivity index (χ1) is 13.5. The normalized spacial score (nSPS) is 14.5. The number of amides is 2. The summed E-state index contributed by atoms with van der Waals surface area (Å²) in [6.07, 6.45) is 1.46. The van der Waals surface area contributed by atoms with Gasteiger partial charge in [-0.05, 0) is 65.8 Å². The molecule has 0 aliphatic carbocycles. The molecule has 1 saturated heterocycles. The van der Waals surface area contributed by atoms with E-state index >= 15 is 0 Å². The van der Waals surface area contributed by atoms with Crippen LogP contribution in [-0.4, -0.2) is 50.1 Å². The monoisotopic (exact) mass is 494 g/mol. The average molecular weight is 494 g/mol. The maximum Gasteiger partial charge on any atom is 0.253 e. The van der Waals surface area contributed by atoms with Gasteiger partial charge in [-0.1, -0.05) is 12.1 Å². The summed E-state index contributed by atoms with van der Waals surface area (Å²) in [4.78, 5) is 27.1. The van der Waals surface area contributed by atoms with Gasteiger partial charge < -0.3 is 19.7 Å². The molecule has 2 aromatic carbocycles. The lowest BCUT2D eigenvalue weighted by Crippen LogP contribution is -2.46.